The van der Waals surface area contributed by atoms with E-state index in [1.807, 2.05) is 13.1 Å². The minimum Gasteiger partial charge on any atom is -0.504 e. The second kappa shape index (κ2) is 6.57. The van der Waals surface area contributed by atoms with E-state index in [0.717, 1.165) is 17.7 Å². The van der Waals surface area contributed by atoms with Crippen molar-refractivity contribution in [3.05, 3.63) is 71.0 Å². The van der Waals surface area contributed by atoms with E-state index in [9.17, 15) is 20.1 Å². The number of piperidine rings is 1. The highest BCUT2D eigenvalue weighted by Crippen LogP contribution is 2.65. The molecule has 7 nitrogen and oxygen atoms in total. The first-order chi connectivity index (χ1) is 15.4. The summed E-state index contributed by atoms with van der Waals surface area (Å²) in [4.78, 5) is 15.0. The molecule has 5 atom stereocenters. The van der Waals surface area contributed by atoms with Gasteiger partial charge in [-0.05, 0) is 49.7 Å². The molecule has 2 bridgehead atoms. The summed E-state index contributed by atoms with van der Waals surface area (Å²) in [5, 5.41) is 33.1. The third-order valence-electron chi connectivity index (χ3n) is 7.91. The Hall–Kier alpha value is -2.87. The predicted molar refractivity (Wildman–Crippen MR) is 114 cm³/mol. The molecule has 2 aromatic carbocycles. The predicted octanol–water partition coefficient (Wildman–Crippen LogP) is 1.95. The average Bonchev–Trinajstić information content (AvgIpc) is 3.16. The van der Waals surface area contributed by atoms with Gasteiger partial charge in [-0.2, -0.15) is 0 Å². The zero-order valence-corrected chi connectivity index (χ0v) is 17.7. The molecule has 0 amide bonds. The Bertz CT molecular complexity index is 1150. The van der Waals surface area contributed by atoms with Gasteiger partial charge in [0.05, 0.1) is 11.0 Å². The molecular weight excluding hydrogens is 410 g/mol. The Labute approximate surface area is 185 Å². The molecule has 1 unspecified atom stereocenters. The summed E-state index contributed by atoms with van der Waals surface area (Å²) < 4.78 is 12.0. The van der Waals surface area contributed by atoms with Crippen LogP contribution < -0.4 is 4.74 Å². The molecule has 0 saturated carbocycles. The number of hydrogen-bond donors (Lipinski definition) is 3. The van der Waals surface area contributed by atoms with Crippen LogP contribution in [-0.4, -0.2) is 57.5 Å². The monoisotopic (exact) mass is 435 g/mol. The van der Waals surface area contributed by atoms with Crippen molar-refractivity contribution in [2.24, 2.45) is 0 Å². The standard InChI is InChI=1S/C25H25NO6/c1-26-12-11-24-19-15-7-8-16(27)21(19)32-22(24)17(9-10-25(24,30)18(26)13-15)31-23(29)20(28)14-5-3-2-4-6-14/h2-9,18,20,22,27-28,30H,10-13H2,1H3/t18?,20-,22+,24+,25+/m1/s1. The lowest BCUT2D eigenvalue weighted by Crippen LogP contribution is -2.74. The van der Waals surface area contributed by atoms with Crippen LogP contribution in [0.5, 0.6) is 11.5 Å². The number of aliphatic hydroxyl groups is 2. The molecule has 0 radical (unpaired) electrons. The largest absolute Gasteiger partial charge is 0.504 e. The van der Waals surface area contributed by atoms with Crippen molar-refractivity contribution >= 4 is 5.97 Å². The van der Waals surface area contributed by atoms with Gasteiger partial charge in [0.25, 0.3) is 0 Å². The van der Waals surface area contributed by atoms with Gasteiger partial charge < -0.3 is 29.7 Å². The molecule has 2 aliphatic carbocycles. The molecule has 3 N–H and O–H groups in total. The van der Waals surface area contributed by atoms with E-state index >= 15 is 0 Å². The van der Waals surface area contributed by atoms with Crippen LogP contribution in [0.1, 0.15) is 35.6 Å². The van der Waals surface area contributed by atoms with Crippen molar-refractivity contribution in [2.45, 2.75) is 48.5 Å². The van der Waals surface area contributed by atoms with Crippen LogP contribution in [-0.2, 0) is 21.4 Å². The van der Waals surface area contributed by atoms with E-state index in [4.69, 9.17) is 9.47 Å². The molecule has 166 valence electrons. The van der Waals surface area contributed by atoms with Gasteiger partial charge in [0.15, 0.2) is 23.7 Å². The highest BCUT2D eigenvalue weighted by molar-refractivity contribution is 5.77. The number of benzene rings is 2. The van der Waals surface area contributed by atoms with E-state index in [1.54, 1.807) is 42.5 Å². The van der Waals surface area contributed by atoms with Gasteiger partial charge in [-0.25, -0.2) is 4.79 Å². The molecule has 1 saturated heterocycles. The minimum absolute atomic E-state index is 0.0160. The van der Waals surface area contributed by atoms with E-state index in [2.05, 4.69) is 4.90 Å². The van der Waals surface area contributed by atoms with Gasteiger partial charge in [0.1, 0.15) is 5.76 Å². The van der Waals surface area contributed by atoms with E-state index in [0.29, 0.717) is 30.6 Å². The summed E-state index contributed by atoms with van der Waals surface area (Å²) in [7, 11) is 2.02. The maximum atomic E-state index is 12.8. The third kappa shape index (κ3) is 2.33. The lowest BCUT2D eigenvalue weighted by Gasteiger charge is -2.61. The zero-order valence-electron chi connectivity index (χ0n) is 17.7. The Morgan fingerprint density at radius 3 is 2.81 bits per heavy atom. The fourth-order valence-electron chi connectivity index (χ4n) is 6.38. The van der Waals surface area contributed by atoms with E-state index in [1.165, 1.54) is 0 Å². The fourth-order valence-corrected chi connectivity index (χ4v) is 6.38. The summed E-state index contributed by atoms with van der Waals surface area (Å²) in [6.07, 6.45) is 1.06. The number of aliphatic hydroxyl groups excluding tert-OH is 1. The lowest BCUT2D eigenvalue weighted by atomic mass is 9.50. The zero-order chi connectivity index (χ0) is 22.3. The first-order valence-electron chi connectivity index (χ1n) is 11.0. The number of hydrogen-bond acceptors (Lipinski definition) is 7. The molecule has 1 fully saturated rings. The molecule has 4 aliphatic rings. The molecule has 2 heterocycles. The highest BCUT2D eigenvalue weighted by Gasteiger charge is 2.72. The number of nitrogens with zero attached hydrogens (tertiary/aromatic N) is 1. The molecule has 7 heteroatoms. The van der Waals surface area contributed by atoms with Crippen molar-refractivity contribution in [3.8, 4) is 11.5 Å². The smallest absolute Gasteiger partial charge is 0.344 e. The van der Waals surface area contributed by atoms with Gasteiger partial charge in [0.2, 0.25) is 0 Å². The normalized spacial score (nSPS) is 33.0. The van der Waals surface area contributed by atoms with E-state index < -0.39 is 29.2 Å². The van der Waals surface area contributed by atoms with Gasteiger partial charge in [-0.1, -0.05) is 36.4 Å². The van der Waals surface area contributed by atoms with Crippen LogP contribution in [0.2, 0.25) is 0 Å². The second-order valence-corrected chi connectivity index (χ2v) is 9.34. The second-order valence-electron chi connectivity index (χ2n) is 9.34. The first-order valence-corrected chi connectivity index (χ1v) is 11.0. The van der Waals surface area contributed by atoms with Gasteiger partial charge in [-0.3, -0.25) is 0 Å². The number of esters is 1. The Morgan fingerprint density at radius 1 is 1.25 bits per heavy atom. The number of likely N-dealkylation sites (tertiary alicyclic amines) is 1. The Balaban J connectivity index is 1.43. The number of rotatable bonds is 3. The van der Waals surface area contributed by atoms with Gasteiger partial charge >= 0.3 is 5.97 Å². The summed E-state index contributed by atoms with van der Waals surface area (Å²) in [6, 6.07) is 12.0. The van der Waals surface area contributed by atoms with Crippen LogP contribution in [0, 0.1) is 0 Å². The van der Waals surface area contributed by atoms with Crippen LogP contribution in [0.15, 0.2) is 54.3 Å². The van der Waals surface area contributed by atoms with Crippen LogP contribution in [0.4, 0.5) is 0 Å². The molecular formula is C25H25NO6. The topological polar surface area (TPSA) is 99.5 Å². The molecule has 6 rings (SSSR count). The number of phenols is 1. The number of carbonyl (C=O) groups excluding carboxylic acids is 1. The maximum absolute atomic E-state index is 12.8. The average molecular weight is 435 g/mol. The fraction of sp³-hybridized carbons (Fsp3) is 0.400. The summed E-state index contributed by atoms with van der Waals surface area (Å²) in [5.41, 5.74) is 0.368. The van der Waals surface area contributed by atoms with Crippen molar-refractivity contribution in [3.63, 3.8) is 0 Å². The molecule has 32 heavy (non-hydrogen) atoms. The van der Waals surface area contributed by atoms with Crippen molar-refractivity contribution < 1.29 is 29.6 Å². The first kappa shape index (κ1) is 19.8. The number of phenolic OH excluding ortho intramolecular Hbond substituents is 1. The van der Waals surface area contributed by atoms with Crippen LogP contribution >= 0.6 is 0 Å². The van der Waals surface area contributed by atoms with Gasteiger partial charge in [-0.15, -0.1) is 0 Å². The molecule has 0 aromatic heterocycles. The third-order valence-corrected chi connectivity index (χ3v) is 7.91. The van der Waals surface area contributed by atoms with Crippen LogP contribution in [0.3, 0.4) is 0 Å². The minimum atomic E-state index is -1.43. The summed E-state index contributed by atoms with van der Waals surface area (Å²) in [5.74, 6) is -0.140. The number of ether oxygens (including phenoxy) is 2. The molecule has 1 spiro atoms. The van der Waals surface area contributed by atoms with E-state index in [-0.39, 0.29) is 17.6 Å². The quantitative estimate of drug-likeness (QED) is 0.634. The number of carbonyl (C=O) groups is 1. The molecule has 2 aliphatic heterocycles. The number of likely N-dealkylation sites (N-methyl/N-ethyl adjacent to an activating group) is 1. The lowest BCUT2D eigenvalue weighted by molar-refractivity contribution is -0.172. The maximum Gasteiger partial charge on any atom is 0.344 e. The Morgan fingerprint density at radius 2 is 2.03 bits per heavy atom. The van der Waals surface area contributed by atoms with Gasteiger partial charge in [0, 0.05) is 18.0 Å². The summed E-state index contributed by atoms with van der Waals surface area (Å²) in [6.45, 7) is 0.745. The van der Waals surface area contributed by atoms with Crippen molar-refractivity contribution in [1.82, 2.24) is 4.90 Å². The SMILES string of the molecule is CN1CC[C@]23c4c5ccc(O)c4O[C@H]2C(OC(=O)[C@H](O)c2ccccc2)=CC[C@]3(O)C1C5. The van der Waals surface area contributed by atoms with Crippen LogP contribution in [0.25, 0.3) is 0 Å². The number of aromatic hydroxyl groups is 1. The highest BCUT2D eigenvalue weighted by atomic mass is 16.6. The molecule has 2 aromatic rings. The summed E-state index contributed by atoms with van der Waals surface area (Å²) >= 11 is 0. The Kier molecular flexibility index (Phi) is 4.06. The van der Waals surface area contributed by atoms with Crippen molar-refractivity contribution in [2.75, 3.05) is 13.6 Å². The van der Waals surface area contributed by atoms with Crippen molar-refractivity contribution in [1.29, 1.82) is 0 Å².